The number of aromatic nitrogens is 2. The molecule has 0 saturated heterocycles. The number of rotatable bonds is 2. The number of nitrogens with zero attached hydrogens (tertiary/aromatic N) is 2. The van der Waals surface area contributed by atoms with Gasteiger partial charge in [0, 0.05) is 17.3 Å². The van der Waals surface area contributed by atoms with Crippen molar-refractivity contribution in [3.8, 4) is 0 Å². The van der Waals surface area contributed by atoms with Crippen LogP contribution in [-0.2, 0) is 0 Å². The molecule has 0 radical (unpaired) electrons. The molecule has 17 heavy (non-hydrogen) atoms. The summed E-state index contributed by atoms with van der Waals surface area (Å²) < 4.78 is 0. The molecule has 4 nitrogen and oxygen atoms in total. The van der Waals surface area contributed by atoms with Gasteiger partial charge in [-0.25, -0.2) is 4.98 Å². The molecule has 3 rings (SSSR count). The van der Waals surface area contributed by atoms with Gasteiger partial charge in [-0.15, -0.1) is 0 Å². The molecule has 0 amide bonds. The third-order valence-corrected chi connectivity index (χ3v) is 3.12. The summed E-state index contributed by atoms with van der Waals surface area (Å²) in [4.78, 5) is 8.43. The fraction of sp³-hybridized carbons (Fsp3) is 0. The average Bonchev–Trinajstić information content (AvgIpc) is 2.75. The van der Waals surface area contributed by atoms with Crippen LogP contribution in [0.25, 0.3) is 10.9 Å². The van der Waals surface area contributed by atoms with Crippen molar-refractivity contribution < 1.29 is 0 Å². The van der Waals surface area contributed by atoms with E-state index in [-0.39, 0.29) is 0 Å². The molecule has 0 aliphatic carbocycles. The Kier molecular flexibility index (Phi) is 2.38. The third kappa shape index (κ3) is 2.05. The Morgan fingerprint density at radius 1 is 1.18 bits per heavy atom. The van der Waals surface area contributed by atoms with Crippen LogP contribution in [0.4, 0.5) is 15.8 Å². The van der Waals surface area contributed by atoms with Gasteiger partial charge >= 0.3 is 0 Å². The molecule has 0 atom stereocenters. The molecule has 5 heteroatoms. The number of benzene rings is 1. The average molecular weight is 242 g/mol. The molecule has 0 bridgehead atoms. The topological polar surface area (TPSA) is 63.8 Å². The smallest absolute Gasteiger partial charge is 0.189 e. The highest BCUT2D eigenvalue weighted by atomic mass is 32.1. The normalized spacial score (nSPS) is 10.6. The minimum atomic E-state index is 0.704. The number of thiazole rings is 1. The Morgan fingerprint density at radius 3 is 2.94 bits per heavy atom. The highest BCUT2D eigenvalue weighted by molar-refractivity contribution is 7.19. The third-order valence-electron chi connectivity index (χ3n) is 2.38. The largest absolute Gasteiger partial charge is 0.389 e. The van der Waals surface area contributed by atoms with Crippen LogP contribution >= 0.6 is 11.3 Å². The van der Waals surface area contributed by atoms with E-state index in [9.17, 15) is 0 Å². The van der Waals surface area contributed by atoms with E-state index < -0.39 is 0 Å². The van der Waals surface area contributed by atoms with Gasteiger partial charge in [0.2, 0.25) is 0 Å². The van der Waals surface area contributed by atoms with Crippen molar-refractivity contribution in [3.05, 3.63) is 42.7 Å². The minimum absolute atomic E-state index is 0.704. The molecule has 0 spiro atoms. The predicted molar refractivity (Wildman–Crippen MR) is 71.6 cm³/mol. The van der Waals surface area contributed by atoms with Crippen molar-refractivity contribution in [2.75, 3.05) is 11.1 Å². The Bertz CT molecular complexity index is 662. The van der Waals surface area contributed by atoms with Crippen LogP contribution in [0.15, 0.2) is 42.7 Å². The van der Waals surface area contributed by atoms with E-state index in [1.165, 1.54) is 11.3 Å². The lowest BCUT2D eigenvalue weighted by Gasteiger charge is -2.03. The van der Waals surface area contributed by atoms with Gasteiger partial charge in [0.15, 0.2) is 5.13 Å². The molecule has 0 aliphatic rings. The van der Waals surface area contributed by atoms with Crippen LogP contribution in [0.1, 0.15) is 0 Å². The van der Waals surface area contributed by atoms with Crippen LogP contribution in [0.5, 0.6) is 0 Å². The highest BCUT2D eigenvalue weighted by Gasteiger charge is 2.01. The second-order valence-electron chi connectivity index (χ2n) is 3.60. The van der Waals surface area contributed by atoms with Crippen LogP contribution in [0.2, 0.25) is 0 Å². The summed E-state index contributed by atoms with van der Waals surface area (Å²) in [6, 6.07) is 9.96. The van der Waals surface area contributed by atoms with Gasteiger partial charge in [0.1, 0.15) is 5.00 Å². The van der Waals surface area contributed by atoms with Gasteiger partial charge in [-0.05, 0) is 24.3 Å². The first kappa shape index (κ1) is 10.0. The highest BCUT2D eigenvalue weighted by Crippen LogP contribution is 2.25. The van der Waals surface area contributed by atoms with E-state index >= 15 is 0 Å². The van der Waals surface area contributed by atoms with Gasteiger partial charge in [-0.2, -0.15) is 0 Å². The SMILES string of the molecule is Nc1cnc(Nc2ccc3ncccc3c2)s1. The minimum Gasteiger partial charge on any atom is -0.389 e. The number of pyridine rings is 1. The van der Waals surface area contributed by atoms with Gasteiger partial charge in [-0.1, -0.05) is 17.4 Å². The van der Waals surface area contributed by atoms with Crippen molar-refractivity contribution in [1.82, 2.24) is 9.97 Å². The van der Waals surface area contributed by atoms with Gasteiger partial charge in [-0.3, -0.25) is 4.98 Å². The second kappa shape index (κ2) is 4.03. The van der Waals surface area contributed by atoms with Crippen LogP contribution in [-0.4, -0.2) is 9.97 Å². The number of hydrogen-bond donors (Lipinski definition) is 2. The molecule has 2 aromatic heterocycles. The van der Waals surface area contributed by atoms with E-state index in [1.54, 1.807) is 12.4 Å². The maximum atomic E-state index is 5.63. The zero-order valence-corrected chi connectivity index (χ0v) is 9.74. The van der Waals surface area contributed by atoms with Crippen molar-refractivity contribution in [2.45, 2.75) is 0 Å². The van der Waals surface area contributed by atoms with E-state index in [2.05, 4.69) is 15.3 Å². The Hall–Kier alpha value is -2.14. The van der Waals surface area contributed by atoms with Crippen molar-refractivity contribution in [3.63, 3.8) is 0 Å². The molecular formula is C12H10N4S. The fourth-order valence-electron chi connectivity index (χ4n) is 1.62. The molecule has 0 unspecified atom stereocenters. The predicted octanol–water partition coefficient (Wildman–Crippen LogP) is 3.02. The van der Waals surface area contributed by atoms with Gasteiger partial charge in [0.05, 0.1) is 11.7 Å². The maximum absolute atomic E-state index is 5.63. The van der Waals surface area contributed by atoms with Crippen molar-refractivity contribution in [1.29, 1.82) is 0 Å². The summed E-state index contributed by atoms with van der Waals surface area (Å²) in [7, 11) is 0. The quantitative estimate of drug-likeness (QED) is 0.725. The molecule has 2 heterocycles. The molecule has 0 aliphatic heterocycles. The molecule has 84 valence electrons. The number of nitrogens with two attached hydrogens (primary N) is 1. The first-order valence-electron chi connectivity index (χ1n) is 5.14. The lowest BCUT2D eigenvalue weighted by atomic mass is 10.2. The van der Waals surface area contributed by atoms with E-state index in [1.807, 2.05) is 30.3 Å². The van der Waals surface area contributed by atoms with Gasteiger partial charge < -0.3 is 11.1 Å². The summed E-state index contributed by atoms with van der Waals surface area (Å²) >= 11 is 1.43. The number of hydrogen-bond acceptors (Lipinski definition) is 5. The molecule has 1 aromatic carbocycles. The van der Waals surface area contributed by atoms with E-state index in [0.29, 0.717) is 5.00 Å². The summed E-state index contributed by atoms with van der Waals surface area (Å²) in [6.45, 7) is 0. The van der Waals surface area contributed by atoms with Crippen LogP contribution in [0.3, 0.4) is 0 Å². The zero-order valence-electron chi connectivity index (χ0n) is 8.92. The molecule has 0 saturated carbocycles. The van der Waals surface area contributed by atoms with Crippen molar-refractivity contribution in [2.24, 2.45) is 0 Å². The number of nitrogen functional groups attached to an aromatic ring is 1. The van der Waals surface area contributed by atoms with E-state index in [0.717, 1.165) is 21.7 Å². The van der Waals surface area contributed by atoms with E-state index in [4.69, 9.17) is 5.73 Å². The summed E-state index contributed by atoms with van der Waals surface area (Å²) in [6.07, 6.45) is 3.44. The van der Waals surface area contributed by atoms with Crippen molar-refractivity contribution >= 4 is 38.1 Å². The first-order valence-corrected chi connectivity index (χ1v) is 5.96. The summed E-state index contributed by atoms with van der Waals surface area (Å²) in [5.74, 6) is 0. The number of fused-ring (bicyclic) bond motifs is 1. The first-order chi connectivity index (χ1) is 8.31. The molecule has 3 aromatic rings. The second-order valence-corrected chi connectivity index (χ2v) is 4.67. The fourth-order valence-corrected chi connectivity index (χ4v) is 2.22. The standard InChI is InChI=1S/C12H10N4S/c13-11-7-15-12(17-11)16-9-3-4-10-8(6-9)2-1-5-14-10/h1-7H,13H2,(H,15,16). The van der Waals surface area contributed by atoms with Crippen LogP contribution in [0, 0.1) is 0 Å². The number of anilines is 3. The number of nitrogens with one attached hydrogen (secondary N) is 1. The Balaban J connectivity index is 1.95. The lowest BCUT2D eigenvalue weighted by molar-refractivity contribution is 1.38. The molecular weight excluding hydrogens is 232 g/mol. The summed E-state index contributed by atoms with van der Waals surface area (Å²) in [5.41, 5.74) is 7.60. The summed E-state index contributed by atoms with van der Waals surface area (Å²) in [5, 5.41) is 5.82. The lowest BCUT2D eigenvalue weighted by Crippen LogP contribution is -1.89. The van der Waals surface area contributed by atoms with Gasteiger partial charge in [0.25, 0.3) is 0 Å². The molecule has 3 N–H and O–H groups in total. The monoisotopic (exact) mass is 242 g/mol. The van der Waals surface area contributed by atoms with Crippen LogP contribution < -0.4 is 11.1 Å². The Morgan fingerprint density at radius 2 is 2.12 bits per heavy atom. The maximum Gasteiger partial charge on any atom is 0.189 e. The molecule has 0 fully saturated rings. The zero-order chi connectivity index (χ0) is 11.7. The Labute approximate surface area is 102 Å².